The lowest BCUT2D eigenvalue weighted by molar-refractivity contribution is 0.791. The second-order valence-electron chi connectivity index (χ2n) is 3.60. The van der Waals surface area contributed by atoms with Crippen LogP contribution in [0.25, 0.3) is 17.0 Å². The van der Waals surface area contributed by atoms with Gasteiger partial charge in [-0.15, -0.1) is 0 Å². The normalized spacial score (nSPS) is 11.1. The van der Waals surface area contributed by atoms with E-state index in [0.717, 1.165) is 17.5 Å². The molecule has 3 rings (SSSR count). The minimum atomic E-state index is 0.490. The molecule has 0 saturated carbocycles. The Morgan fingerprint density at radius 1 is 1.35 bits per heavy atom. The Bertz CT molecular complexity index is 652. The molecule has 0 aliphatic heterocycles. The average Bonchev–Trinajstić information content (AvgIpc) is 2.92. The van der Waals surface area contributed by atoms with E-state index in [4.69, 9.17) is 5.73 Å². The fourth-order valence-corrected chi connectivity index (χ4v) is 1.79. The van der Waals surface area contributed by atoms with Gasteiger partial charge in [0.2, 0.25) is 0 Å². The largest absolute Gasteiger partial charge is 0.383 e. The fourth-order valence-electron chi connectivity index (χ4n) is 1.79. The molecule has 0 atom stereocenters. The number of anilines is 1. The van der Waals surface area contributed by atoms with E-state index < -0.39 is 0 Å². The summed E-state index contributed by atoms with van der Waals surface area (Å²) in [5.74, 6) is 1.02. The van der Waals surface area contributed by atoms with Gasteiger partial charge in [0.05, 0.1) is 11.1 Å². The molecule has 3 aromatic rings. The Kier molecular flexibility index (Phi) is 2.04. The van der Waals surface area contributed by atoms with Crippen molar-refractivity contribution < 1.29 is 0 Å². The number of hydrogen-bond donors (Lipinski definition) is 2. The Morgan fingerprint density at radius 2 is 2.12 bits per heavy atom. The molecule has 0 spiro atoms. The highest BCUT2D eigenvalue weighted by atomic mass is 15.4. The van der Waals surface area contributed by atoms with Gasteiger partial charge in [-0.2, -0.15) is 14.9 Å². The van der Waals surface area contributed by atoms with Crippen molar-refractivity contribution in [3.8, 4) is 5.95 Å². The van der Waals surface area contributed by atoms with Gasteiger partial charge in [0, 0.05) is 12.4 Å². The third kappa shape index (κ3) is 1.36. The summed E-state index contributed by atoms with van der Waals surface area (Å²) in [6.45, 7) is 2.02. The lowest BCUT2D eigenvalue weighted by Gasteiger charge is -1.97. The molecule has 0 unspecified atom stereocenters. The number of nitrogen functional groups attached to an aromatic ring is 1. The Balaban J connectivity index is 2.31. The molecular weight excluding hydrogens is 218 g/mol. The molecule has 0 radical (unpaired) electrons. The lowest BCUT2D eigenvalue weighted by atomic mass is 10.2. The van der Waals surface area contributed by atoms with Crippen molar-refractivity contribution in [3.05, 3.63) is 24.2 Å². The molecule has 3 N–H and O–H groups in total. The van der Waals surface area contributed by atoms with Crippen molar-refractivity contribution >= 4 is 16.9 Å². The zero-order valence-electron chi connectivity index (χ0n) is 9.25. The van der Waals surface area contributed by atoms with E-state index in [-0.39, 0.29) is 0 Å². The molecule has 0 aromatic carbocycles. The first-order chi connectivity index (χ1) is 8.31. The fraction of sp³-hybridized carbons (Fsp3) is 0.200. The van der Waals surface area contributed by atoms with Gasteiger partial charge in [0.1, 0.15) is 5.82 Å². The predicted molar refractivity (Wildman–Crippen MR) is 62.6 cm³/mol. The van der Waals surface area contributed by atoms with Crippen LogP contribution in [0.2, 0.25) is 0 Å². The Hall–Kier alpha value is -2.44. The molecule has 0 aliphatic rings. The summed E-state index contributed by atoms with van der Waals surface area (Å²) in [5, 5.41) is 12.2. The Labute approximate surface area is 96.7 Å². The summed E-state index contributed by atoms with van der Waals surface area (Å²) in [4.78, 5) is 8.30. The minimum Gasteiger partial charge on any atom is -0.383 e. The van der Waals surface area contributed by atoms with Gasteiger partial charge in [0.25, 0.3) is 5.95 Å². The van der Waals surface area contributed by atoms with Crippen LogP contribution < -0.4 is 5.73 Å². The predicted octanol–water partition coefficient (Wildman–Crippen LogP) is 0.683. The van der Waals surface area contributed by atoms with Gasteiger partial charge in [-0.25, -0.2) is 9.97 Å². The van der Waals surface area contributed by atoms with E-state index in [9.17, 15) is 0 Å². The van der Waals surface area contributed by atoms with Crippen molar-refractivity contribution in [3.63, 3.8) is 0 Å². The number of H-pyrrole nitrogens is 1. The van der Waals surface area contributed by atoms with Gasteiger partial charge >= 0.3 is 0 Å². The number of fused-ring (bicyclic) bond motifs is 1. The molecule has 0 saturated heterocycles. The van der Waals surface area contributed by atoms with Crippen molar-refractivity contribution in [2.75, 3.05) is 5.73 Å². The van der Waals surface area contributed by atoms with Crippen molar-refractivity contribution in [2.45, 2.75) is 13.3 Å². The van der Waals surface area contributed by atoms with E-state index in [1.807, 2.05) is 6.92 Å². The maximum Gasteiger partial charge on any atom is 0.252 e. The number of rotatable bonds is 2. The first-order valence-corrected chi connectivity index (χ1v) is 5.30. The number of aromatic amines is 1. The standard InChI is InChI=1S/C10H11N7/c1-2-6-7-8(11)14-15-9(7)17(16-6)10-12-4-3-5-13-10/h3-5H,2H2,1H3,(H3,11,14,15). The summed E-state index contributed by atoms with van der Waals surface area (Å²) in [6, 6.07) is 1.75. The summed E-state index contributed by atoms with van der Waals surface area (Å²) < 4.78 is 1.60. The van der Waals surface area contributed by atoms with E-state index in [1.54, 1.807) is 23.1 Å². The van der Waals surface area contributed by atoms with Crippen molar-refractivity contribution in [1.29, 1.82) is 0 Å². The van der Waals surface area contributed by atoms with Crippen LogP contribution in [0, 0.1) is 0 Å². The summed E-state index contributed by atoms with van der Waals surface area (Å²) in [5.41, 5.74) is 7.38. The molecule has 3 heterocycles. The molecule has 17 heavy (non-hydrogen) atoms. The number of aryl methyl sites for hydroxylation is 1. The molecule has 7 nitrogen and oxygen atoms in total. The summed E-state index contributed by atoms with van der Waals surface area (Å²) in [7, 11) is 0. The monoisotopic (exact) mass is 229 g/mol. The zero-order chi connectivity index (χ0) is 11.8. The molecule has 0 aliphatic carbocycles. The van der Waals surface area contributed by atoms with Gasteiger partial charge in [-0.1, -0.05) is 6.92 Å². The average molecular weight is 229 g/mol. The number of nitrogens with one attached hydrogen (secondary N) is 1. The second kappa shape index (κ2) is 3.55. The lowest BCUT2D eigenvalue weighted by Crippen LogP contribution is -2.03. The smallest absolute Gasteiger partial charge is 0.252 e. The van der Waals surface area contributed by atoms with E-state index >= 15 is 0 Å². The van der Waals surface area contributed by atoms with Crippen molar-refractivity contribution in [2.24, 2.45) is 0 Å². The number of nitrogens with two attached hydrogens (primary N) is 1. The maximum absolute atomic E-state index is 5.83. The molecule has 86 valence electrons. The van der Waals surface area contributed by atoms with Gasteiger partial charge in [0.15, 0.2) is 5.65 Å². The molecule has 0 bridgehead atoms. The highest BCUT2D eigenvalue weighted by molar-refractivity contribution is 5.89. The number of aromatic nitrogens is 6. The topological polar surface area (TPSA) is 98.3 Å². The first-order valence-electron chi connectivity index (χ1n) is 5.30. The van der Waals surface area contributed by atoms with Crippen LogP contribution in [0.15, 0.2) is 18.5 Å². The van der Waals surface area contributed by atoms with Crippen LogP contribution in [0.5, 0.6) is 0 Å². The van der Waals surface area contributed by atoms with Crippen LogP contribution in [0.3, 0.4) is 0 Å². The van der Waals surface area contributed by atoms with Crippen LogP contribution in [0.1, 0.15) is 12.6 Å². The summed E-state index contributed by atoms with van der Waals surface area (Å²) >= 11 is 0. The van der Waals surface area contributed by atoms with Crippen LogP contribution in [-0.2, 0) is 6.42 Å². The molecule has 7 heteroatoms. The van der Waals surface area contributed by atoms with E-state index in [1.165, 1.54) is 0 Å². The number of nitrogens with zero attached hydrogens (tertiary/aromatic N) is 5. The van der Waals surface area contributed by atoms with Crippen LogP contribution >= 0.6 is 0 Å². The molecule has 0 amide bonds. The first kappa shape index (κ1) is 9.76. The van der Waals surface area contributed by atoms with E-state index in [2.05, 4.69) is 25.3 Å². The highest BCUT2D eigenvalue weighted by Gasteiger charge is 2.17. The van der Waals surface area contributed by atoms with Crippen LogP contribution in [0.4, 0.5) is 5.82 Å². The minimum absolute atomic E-state index is 0.490. The zero-order valence-corrected chi connectivity index (χ0v) is 9.25. The second-order valence-corrected chi connectivity index (χ2v) is 3.60. The van der Waals surface area contributed by atoms with Crippen LogP contribution in [-0.4, -0.2) is 29.9 Å². The SMILES string of the molecule is CCc1nn(-c2ncccn2)c2n[nH]c(N)c12. The third-order valence-electron chi connectivity index (χ3n) is 2.56. The van der Waals surface area contributed by atoms with Gasteiger partial charge in [-0.3, -0.25) is 5.10 Å². The summed E-state index contributed by atoms with van der Waals surface area (Å²) in [6.07, 6.45) is 4.11. The van der Waals surface area contributed by atoms with Crippen molar-refractivity contribution in [1.82, 2.24) is 29.9 Å². The highest BCUT2D eigenvalue weighted by Crippen LogP contribution is 2.23. The quantitative estimate of drug-likeness (QED) is 0.673. The maximum atomic E-state index is 5.83. The molecule has 0 fully saturated rings. The van der Waals surface area contributed by atoms with Gasteiger partial charge in [-0.05, 0) is 12.5 Å². The third-order valence-corrected chi connectivity index (χ3v) is 2.56. The van der Waals surface area contributed by atoms with Gasteiger partial charge < -0.3 is 5.73 Å². The Morgan fingerprint density at radius 3 is 2.82 bits per heavy atom. The number of hydrogen-bond acceptors (Lipinski definition) is 5. The molecule has 3 aromatic heterocycles. The van der Waals surface area contributed by atoms with E-state index in [0.29, 0.717) is 17.4 Å². The molecular formula is C10H11N7.